The number of aliphatic imine (C=N–C) groups is 1. The molecule has 0 aliphatic carbocycles. The van der Waals surface area contributed by atoms with Crippen molar-refractivity contribution in [1.29, 1.82) is 0 Å². The second-order valence-electron chi connectivity index (χ2n) is 10.2. The van der Waals surface area contributed by atoms with Gasteiger partial charge in [-0.05, 0) is 72.3 Å². The quantitative estimate of drug-likeness (QED) is 0.131. The van der Waals surface area contributed by atoms with Gasteiger partial charge >= 0.3 is 0 Å². The molecule has 7 aromatic rings. The third kappa shape index (κ3) is 3.41. The normalized spacial score (nSPS) is 13.6. The number of para-hydroxylation sites is 2. The highest BCUT2D eigenvalue weighted by molar-refractivity contribution is 6.13. The summed E-state index contributed by atoms with van der Waals surface area (Å²) < 4.78 is 11.1. The van der Waals surface area contributed by atoms with Crippen molar-refractivity contribution < 1.29 is 4.74 Å². The summed E-state index contributed by atoms with van der Waals surface area (Å²) in [4.78, 5) is 8.86. The van der Waals surface area contributed by atoms with Crippen LogP contribution in [0.25, 0.3) is 55.3 Å². The van der Waals surface area contributed by atoms with Gasteiger partial charge in [-0.15, -0.1) is 0 Å². The Labute approximate surface area is 231 Å². The first-order chi connectivity index (χ1) is 19.8. The van der Waals surface area contributed by atoms with Crippen LogP contribution >= 0.6 is 0 Å². The van der Waals surface area contributed by atoms with Gasteiger partial charge in [0.15, 0.2) is 0 Å². The van der Waals surface area contributed by atoms with E-state index < -0.39 is 0 Å². The molecular weight excluding hydrogens is 492 g/mol. The van der Waals surface area contributed by atoms with Crippen LogP contribution in [0.15, 0.2) is 108 Å². The number of fused-ring (bicyclic) bond motifs is 6. The number of hydrogen-bond donors (Lipinski definition) is 0. The third-order valence-electron chi connectivity index (χ3n) is 7.96. The van der Waals surface area contributed by atoms with Crippen LogP contribution in [0.3, 0.4) is 0 Å². The lowest BCUT2D eigenvalue weighted by molar-refractivity contribution is 0.484. The molecule has 5 nitrogen and oxygen atoms in total. The summed E-state index contributed by atoms with van der Waals surface area (Å²) in [6.45, 7) is 0. The fourth-order valence-electron chi connectivity index (χ4n) is 6.22. The lowest BCUT2D eigenvalue weighted by atomic mass is 9.97. The third-order valence-corrected chi connectivity index (χ3v) is 7.96. The summed E-state index contributed by atoms with van der Waals surface area (Å²) in [5.41, 5.74) is 7.20. The lowest BCUT2D eigenvalue weighted by Gasteiger charge is -2.18. The van der Waals surface area contributed by atoms with E-state index in [0.717, 1.165) is 46.4 Å². The van der Waals surface area contributed by atoms with Crippen LogP contribution in [0.2, 0.25) is 0 Å². The molecular formula is C35H26N4O. The molecule has 0 amide bonds. The molecule has 3 aromatic heterocycles. The van der Waals surface area contributed by atoms with Crippen LogP contribution in [-0.4, -0.2) is 27.2 Å². The predicted molar refractivity (Wildman–Crippen MR) is 166 cm³/mol. The average Bonchev–Trinajstić information content (AvgIpc) is 3.57. The summed E-state index contributed by atoms with van der Waals surface area (Å²) in [5, 5.41) is 5.98. The fourth-order valence-corrected chi connectivity index (χ4v) is 6.22. The molecule has 0 fully saturated rings. The smallest absolute Gasteiger partial charge is 0.145 e. The van der Waals surface area contributed by atoms with Crippen molar-refractivity contribution in [1.82, 2.24) is 14.0 Å². The van der Waals surface area contributed by atoms with Gasteiger partial charge in [0.25, 0.3) is 0 Å². The standard InChI is InChI=1S/C35H26N4O/c1-36-18-5-2-6-19-38-32-11-4-3-9-28(32)29-17-15-26(21-33(29)38)40-25-14-16-27-30-10-7-8-23-12-13-24-22-37-35(31(27)20-25)39(24)34(23)30/h2-11,14-22H,12-13H2,1H3/b5-2-,19-6+,36-18?. The molecule has 0 unspecified atom stereocenters. The SMILES string of the molecule is CN=C/C=C\C=C\n1c2ccccc2c2ccc(Oc3ccc4c(c3)c3ncc5n3c3c(cccc43)CC5)cc21. The molecule has 40 heavy (non-hydrogen) atoms. The number of nitrogens with zero attached hydrogens (tertiary/aromatic N) is 4. The van der Waals surface area contributed by atoms with Crippen LogP contribution in [0.4, 0.5) is 0 Å². The van der Waals surface area contributed by atoms with Gasteiger partial charge in [0.05, 0.1) is 16.6 Å². The van der Waals surface area contributed by atoms with E-state index in [0.29, 0.717) is 0 Å². The van der Waals surface area contributed by atoms with Crippen molar-refractivity contribution in [3.8, 4) is 11.5 Å². The predicted octanol–water partition coefficient (Wildman–Crippen LogP) is 8.37. The second-order valence-corrected chi connectivity index (χ2v) is 10.2. The number of aryl methyl sites for hydroxylation is 2. The molecule has 0 bridgehead atoms. The molecule has 0 saturated heterocycles. The number of hydrogen-bond acceptors (Lipinski definition) is 3. The maximum Gasteiger partial charge on any atom is 0.145 e. The Morgan fingerprint density at radius 3 is 2.50 bits per heavy atom. The minimum atomic E-state index is 0.794. The molecule has 1 aliphatic heterocycles. The minimum absolute atomic E-state index is 0.794. The Morgan fingerprint density at radius 1 is 0.750 bits per heavy atom. The van der Waals surface area contributed by atoms with Crippen molar-refractivity contribution >= 4 is 61.5 Å². The van der Waals surface area contributed by atoms with Crippen molar-refractivity contribution in [2.24, 2.45) is 4.99 Å². The molecule has 0 N–H and O–H groups in total. The van der Waals surface area contributed by atoms with E-state index in [1.165, 1.54) is 38.3 Å². The number of allylic oxidation sites excluding steroid dienone is 3. The first kappa shape index (κ1) is 22.8. The molecule has 4 heterocycles. The van der Waals surface area contributed by atoms with E-state index in [-0.39, 0.29) is 0 Å². The monoisotopic (exact) mass is 518 g/mol. The van der Waals surface area contributed by atoms with Crippen molar-refractivity contribution in [2.75, 3.05) is 7.05 Å². The highest BCUT2D eigenvalue weighted by Gasteiger charge is 2.20. The zero-order valence-electron chi connectivity index (χ0n) is 22.1. The van der Waals surface area contributed by atoms with Crippen LogP contribution < -0.4 is 4.74 Å². The zero-order chi connectivity index (χ0) is 26.6. The first-order valence-electron chi connectivity index (χ1n) is 13.6. The second kappa shape index (κ2) is 8.95. The number of benzene rings is 4. The van der Waals surface area contributed by atoms with E-state index in [1.807, 2.05) is 24.4 Å². The van der Waals surface area contributed by atoms with E-state index in [1.54, 1.807) is 13.3 Å². The Kier molecular flexibility index (Phi) is 5.10. The number of aromatic nitrogens is 3. The number of ether oxygens (including phenoxy) is 1. The Balaban J connectivity index is 1.25. The maximum absolute atomic E-state index is 6.50. The molecule has 0 radical (unpaired) electrons. The van der Waals surface area contributed by atoms with Crippen LogP contribution in [0.1, 0.15) is 11.3 Å². The topological polar surface area (TPSA) is 43.8 Å². The highest BCUT2D eigenvalue weighted by Crippen LogP contribution is 2.38. The number of imidazole rings is 1. The Bertz CT molecular complexity index is 2210. The first-order valence-corrected chi connectivity index (χ1v) is 13.6. The molecule has 0 spiro atoms. The van der Waals surface area contributed by atoms with E-state index in [4.69, 9.17) is 9.72 Å². The summed E-state index contributed by atoms with van der Waals surface area (Å²) in [6.07, 6.45) is 13.9. The summed E-state index contributed by atoms with van der Waals surface area (Å²) in [6, 6.07) is 27.8. The van der Waals surface area contributed by atoms with Crippen molar-refractivity contribution in [3.63, 3.8) is 0 Å². The Morgan fingerprint density at radius 2 is 1.57 bits per heavy atom. The van der Waals surface area contributed by atoms with Crippen LogP contribution in [-0.2, 0) is 12.8 Å². The average molecular weight is 519 g/mol. The molecule has 8 rings (SSSR count). The van der Waals surface area contributed by atoms with Crippen LogP contribution in [0.5, 0.6) is 11.5 Å². The summed E-state index contributed by atoms with van der Waals surface area (Å²) in [7, 11) is 1.77. The van der Waals surface area contributed by atoms with E-state index in [9.17, 15) is 0 Å². The Hall–Kier alpha value is -5.16. The van der Waals surface area contributed by atoms with Crippen LogP contribution in [0, 0.1) is 0 Å². The molecule has 1 aliphatic rings. The maximum atomic E-state index is 6.50. The van der Waals surface area contributed by atoms with E-state index >= 15 is 0 Å². The van der Waals surface area contributed by atoms with Gasteiger partial charge in [-0.2, -0.15) is 0 Å². The molecule has 4 aromatic carbocycles. The van der Waals surface area contributed by atoms with Gasteiger partial charge in [-0.3, -0.25) is 9.39 Å². The molecule has 0 atom stereocenters. The molecule has 0 saturated carbocycles. The number of pyridine rings is 1. The molecule has 5 heteroatoms. The number of rotatable bonds is 5. The minimum Gasteiger partial charge on any atom is -0.457 e. The van der Waals surface area contributed by atoms with Crippen molar-refractivity contribution in [3.05, 3.63) is 115 Å². The highest BCUT2D eigenvalue weighted by atomic mass is 16.5. The van der Waals surface area contributed by atoms with Gasteiger partial charge < -0.3 is 9.30 Å². The van der Waals surface area contributed by atoms with E-state index in [2.05, 4.69) is 99.0 Å². The fraction of sp³-hybridized carbons (Fsp3) is 0.0857. The summed E-state index contributed by atoms with van der Waals surface area (Å²) >= 11 is 0. The zero-order valence-corrected chi connectivity index (χ0v) is 22.1. The van der Waals surface area contributed by atoms with Gasteiger partial charge in [-0.1, -0.05) is 42.5 Å². The molecule has 192 valence electrons. The summed E-state index contributed by atoms with van der Waals surface area (Å²) in [5.74, 6) is 1.59. The van der Waals surface area contributed by atoms with Gasteiger partial charge in [-0.25, -0.2) is 4.98 Å². The van der Waals surface area contributed by atoms with Gasteiger partial charge in [0.2, 0.25) is 0 Å². The largest absolute Gasteiger partial charge is 0.457 e. The van der Waals surface area contributed by atoms with Gasteiger partial charge in [0.1, 0.15) is 17.1 Å². The van der Waals surface area contributed by atoms with Crippen molar-refractivity contribution in [2.45, 2.75) is 12.8 Å². The van der Waals surface area contributed by atoms with Gasteiger partial charge in [0, 0.05) is 59.0 Å². The lowest BCUT2D eigenvalue weighted by Crippen LogP contribution is -2.07.